The lowest BCUT2D eigenvalue weighted by atomic mass is 9.82. The molecule has 25 heavy (non-hydrogen) atoms. The predicted molar refractivity (Wildman–Crippen MR) is 94.5 cm³/mol. The molecule has 6 nitrogen and oxygen atoms in total. The Labute approximate surface area is 151 Å². The zero-order valence-electron chi connectivity index (χ0n) is 12.9. The molecule has 0 spiro atoms. The first-order chi connectivity index (χ1) is 12.0. The van der Waals surface area contributed by atoms with Crippen LogP contribution in [-0.2, 0) is 0 Å². The molecular weight excluding hydrogens is 384 g/mol. The van der Waals surface area contributed by atoms with Crippen LogP contribution in [0.1, 0.15) is 37.4 Å². The number of nitrogens with zero attached hydrogens (tertiary/aromatic N) is 3. The van der Waals surface area contributed by atoms with E-state index in [1.807, 2.05) is 0 Å². The average molecular weight is 393 g/mol. The van der Waals surface area contributed by atoms with Crippen molar-refractivity contribution >= 4 is 38.9 Å². The molecule has 0 heterocycles. The third kappa shape index (κ3) is 2.61. The summed E-state index contributed by atoms with van der Waals surface area (Å²) in [5, 5.41) is 21.3. The number of carbonyl (C=O) groups is 2. The first-order valence-corrected chi connectivity index (χ1v) is 7.94. The van der Waals surface area contributed by atoms with E-state index in [4.69, 9.17) is 10.5 Å². The van der Waals surface area contributed by atoms with Crippen molar-refractivity contribution in [3.63, 3.8) is 0 Å². The summed E-state index contributed by atoms with van der Waals surface area (Å²) in [5.41, 5.74) is 4.23. The monoisotopic (exact) mass is 392 g/mol. The SMILES string of the molecule is Cc1cc(Br)c2c(c1NN=C(C#N)C#N)C(=O)c1ccccc1C2=O. The van der Waals surface area contributed by atoms with Gasteiger partial charge in [0, 0.05) is 15.6 Å². The largest absolute Gasteiger partial charge is 0.289 e. The van der Waals surface area contributed by atoms with Crippen LogP contribution < -0.4 is 5.43 Å². The topological polar surface area (TPSA) is 106 Å². The maximum Gasteiger partial charge on any atom is 0.237 e. The standard InChI is InChI=1S/C18H9BrN4O2/c1-9-6-13(19)14-15(16(9)23-22-10(7-20)8-21)18(25)12-5-3-2-4-11(12)17(14)24/h2-6,23H,1H3. The molecule has 1 aliphatic carbocycles. The number of nitriles is 2. The highest BCUT2D eigenvalue weighted by Gasteiger charge is 2.34. The van der Waals surface area contributed by atoms with E-state index in [1.54, 1.807) is 49.4 Å². The molecule has 0 aliphatic heterocycles. The van der Waals surface area contributed by atoms with E-state index in [1.165, 1.54) is 0 Å². The summed E-state index contributed by atoms with van der Waals surface area (Å²) in [4.78, 5) is 25.8. The highest BCUT2D eigenvalue weighted by atomic mass is 79.9. The van der Waals surface area contributed by atoms with Gasteiger partial charge in [0.2, 0.25) is 5.71 Å². The number of rotatable bonds is 2. The molecule has 2 aromatic carbocycles. The molecule has 0 bridgehead atoms. The van der Waals surface area contributed by atoms with Crippen LogP contribution in [-0.4, -0.2) is 17.3 Å². The summed E-state index contributed by atoms with van der Waals surface area (Å²) >= 11 is 3.35. The molecule has 2 aromatic rings. The minimum atomic E-state index is -0.383. The summed E-state index contributed by atoms with van der Waals surface area (Å²) in [6, 6.07) is 11.6. The number of fused-ring (bicyclic) bond motifs is 2. The quantitative estimate of drug-likeness (QED) is 0.531. The lowest BCUT2D eigenvalue weighted by molar-refractivity contribution is 0.0979. The summed E-state index contributed by atoms with van der Waals surface area (Å²) < 4.78 is 0.503. The van der Waals surface area contributed by atoms with Crippen LogP contribution in [0.15, 0.2) is 39.9 Å². The summed E-state index contributed by atoms with van der Waals surface area (Å²) in [7, 11) is 0. The number of aryl methyl sites for hydroxylation is 1. The number of ketones is 2. The fraction of sp³-hybridized carbons (Fsp3) is 0.0556. The van der Waals surface area contributed by atoms with E-state index in [0.717, 1.165) is 0 Å². The number of halogens is 1. The molecule has 0 saturated carbocycles. The molecule has 7 heteroatoms. The molecule has 0 atom stereocenters. The Morgan fingerprint density at radius 2 is 1.64 bits per heavy atom. The van der Waals surface area contributed by atoms with Gasteiger partial charge in [0.25, 0.3) is 0 Å². The van der Waals surface area contributed by atoms with E-state index in [9.17, 15) is 9.59 Å². The van der Waals surface area contributed by atoms with Crippen LogP contribution in [0, 0.1) is 29.6 Å². The molecule has 0 saturated heterocycles. The maximum absolute atomic E-state index is 13.0. The van der Waals surface area contributed by atoms with E-state index < -0.39 is 0 Å². The van der Waals surface area contributed by atoms with Crippen LogP contribution in [0.3, 0.4) is 0 Å². The predicted octanol–water partition coefficient (Wildman–Crippen LogP) is 3.35. The van der Waals surface area contributed by atoms with E-state index in [2.05, 4.69) is 26.5 Å². The fourth-order valence-corrected chi connectivity index (χ4v) is 3.43. The van der Waals surface area contributed by atoms with Gasteiger partial charge in [-0.3, -0.25) is 15.0 Å². The first kappa shape index (κ1) is 16.6. The van der Waals surface area contributed by atoms with Crippen molar-refractivity contribution in [2.24, 2.45) is 5.10 Å². The van der Waals surface area contributed by atoms with Crippen LogP contribution in [0.2, 0.25) is 0 Å². The second-order valence-corrected chi connectivity index (χ2v) is 6.15. The molecular formula is C18H9BrN4O2. The molecule has 1 N–H and O–H groups in total. The lowest BCUT2D eigenvalue weighted by Gasteiger charge is -2.22. The second-order valence-electron chi connectivity index (χ2n) is 5.30. The van der Waals surface area contributed by atoms with Gasteiger partial charge >= 0.3 is 0 Å². The van der Waals surface area contributed by atoms with Gasteiger partial charge in [-0.1, -0.05) is 24.3 Å². The Morgan fingerprint density at radius 1 is 1.08 bits per heavy atom. The Hall–Kier alpha value is -3.29. The number of benzene rings is 2. The van der Waals surface area contributed by atoms with Crippen molar-refractivity contribution in [2.45, 2.75) is 6.92 Å². The number of hydrogen-bond acceptors (Lipinski definition) is 6. The number of nitrogens with one attached hydrogen (secondary N) is 1. The highest BCUT2D eigenvalue weighted by Crippen LogP contribution is 2.38. The minimum Gasteiger partial charge on any atom is -0.289 e. The minimum absolute atomic E-state index is 0.176. The third-order valence-electron chi connectivity index (χ3n) is 3.84. The molecule has 0 amide bonds. The highest BCUT2D eigenvalue weighted by molar-refractivity contribution is 9.10. The molecule has 1 aliphatic rings. The summed E-state index contributed by atoms with van der Waals surface area (Å²) in [6.07, 6.45) is 0. The smallest absolute Gasteiger partial charge is 0.237 e. The van der Waals surface area contributed by atoms with E-state index >= 15 is 0 Å². The van der Waals surface area contributed by atoms with Crippen LogP contribution in [0.4, 0.5) is 5.69 Å². The Kier molecular flexibility index (Phi) is 4.18. The Morgan fingerprint density at radius 3 is 2.20 bits per heavy atom. The second kappa shape index (κ2) is 6.31. The van der Waals surface area contributed by atoms with E-state index in [0.29, 0.717) is 26.9 Å². The summed E-state index contributed by atoms with van der Waals surface area (Å²) in [5.74, 6) is -0.590. The molecule has 3 rings (SSSR count). The van der Waals surface area contributed by atoms with Gasteiger partial charge in [0.05, 0.1) is 16.8 Å². The average Bonchev–Trinajstić information content (AvgIpc) is 2.61. The van der Waals surface area contributed by atoms with Gasteiger partial charge in [-0.05, 0) is 34.5 Å². The zero-order chi connectivity index (χ0) is 18.1. The van der Waals surface area contributed by atoms with E-state index in [-0.39, 0.29) is 28.4 Å². The van der Waals surface area contributed by atoms with Crippen LogP contribution in [0.25, 0.3) is 0 Å². The third-order valence-corrected chi connectivity index (χ3v) is 4.46. The number of hydrazone groups is 1. The van der Waals surface area contributed by atoms with Crippen LogP contribution >= 0.6 is 15.9 Å². The zero-order valence-corrected chi connectivity index (χ0v) is 14.5. The molecule has 0 unspecified atom stereocenters. The maximum atomic E-state index is 13.0. The summed E-state index contributed by atoms with van der Waals surface area (Å²) in [6.45, 7) is 1.74. The Bertz CT molecular complexity index is 1040. The normalized spacial score (nSPS) is 11.7. The molecule has 0 aromatic heterocycles. The van der Waals surface area contributed by atoms with Gasteiger partial charge < -0.3 is 0 Å². The van der Waals surface area contributed by atoms with Crippen molar-refractivity contribution in [3.05, 3.63) is 62.6 Å². The van der Waals surface area contributed by atoms with Gasteiger partial charge in [0.15, 0.2) is 11.6 Å². The number of hydrogen-bond donors (Lipinski definition) is 1. The van der Waals surface area contributed by atoms with Crippen molar-refractivity contribution in [1.82, 2.24) is 0 Å². The molecule has 120 valence electrons. The van der Waals surface area contributed by atoms with Crippen molar-refractivity contribution < 1.29 is 9.59 Å². The lowest BCUT2D eigenvalue weighted by Crippen LogP contribution is -2.23. The number of anilines is 1. The first-order valence-electron chi connectivity index (χ1n) is 7.15. The van der Waals surface area contributed by atoms with Gasteiger partial charge in [-0.15, -0.1) is 0 Å². The fourth-order valence-electron chi connectivity index (χ4n) is 2.70. The van der Waals surface area contributed by atoms with Crippen LogP contribution in [0.5, 0.6) is 0 Å². The van der Waals surface area contributed by atoms with Gasteiger partial charge in [-0.25, -0.2) is 0 Å². The molecule has 0 radical (unpaired) electrons. The van der Waals surface area contributed by atoms with Gasteiger partial charge in [-0.2, -0.15) is 15.6 Å². The Balaban J connectivity index is 2.27. The van der Waals surface area contributed by atoms with Crippen molar-refractivity contribution in [3.8, 4) is 12.1 Å². The van der Waals surface area contributed by atoms with Gasteiger partial charge in [0.1, 0.15) is 12.1 Å². The number of carbonyl (C=O) groups excluding carboxylic acids is 2. The van der Waals surface area contributed by atoms with Crippen molar-refractivity contribution in [2.75, 3.05) is 5.43 Å². The molecule has 0 fully saturated rings. The van der Waals surface area contributed by atoms with Crippen molar-refractivity contribution in [1.29, 1.82) is 10.5 Å².